The zero-order valence-corrected chi connectivity index (χ0v) is 11.5. The van der Waals surface area contributed by atoms with Crippen LogP contribution < -0.4 is 5.32 Å². The number of nitrogens with zero attached hydrogens (tertiary/aromatic N) is 6. The first-order chi connectivity index (χ1) is 9.29. The summed E-state index contributed by atoms with van der Waals surface area (Å²) in [5.74, 6) is 0.890. The Morgan fingerprint density at radius 1 is 1.42 bits per heavy atom. The van der Waals surface area contributed by atoms with Crippen LogP contribution in [0.3, 0.4) is 0 Å². The summed E-state index contributed by atoms with van der Waals surface area (Å²) in [6, 6.07) is 2.24. The van der Waals surface area contributed by atoms with E-state index >= 15 is 0 Å². The maximum Gasteiger partial charge on any atom is 0.165 e. The molecule has 0 unspecified atom stereocenters. The molecule has 2 heterocycles. The Kier molecular flexibility index (Phi) is 5.02. The van der Waals surface area contributed by atoms with Crippen molar-refractivity contribution in [1.29, 1.82) is 0 Å². The molecule has 0 saturated carbocycles. The lowest BCUT2D eigenvalue weighted by Gasteiger charge is -2.13. The molecule has 0 aliphatic rings. The number of unbranched alkanes of at least 4 members (excludes halogenated alkanes) is 1. The molecule has 7 heteroatoms. The monoisotopic (exact) mass is 263 g/mol. The molecule has 0 fully saturated rings. The number of hydrogen-bond acceptors (Lipinski definition) is 5. The van der Waals surface area contributed by atoms with E-state index < -0.39 is 0 Å². The lowest BCUT2D eigenvalue weighted by molar-refractivity contribution is 0.433. The normalized spacial score (nSPS) is 12.7. The number of tetrazole rings is 1. The molecule has 1 atom stereocenters. The van der Waals surface area contributed by atoms with Crippen molar-refractivity contribution in [2.75, 3.05) is 0 Å². The summed E-state index contributed by atoms with van der Waals surface area (Å²) in [4.78, 5) is 0. The van der Waals surface area contributed by atoms with Crippen LogP contribution in [-0.2, 0) is 19.6 Å². The van der Waals surface area contributed by atoms with Gasteiger partial charge in [0.15, 0.2) is 5.82 Å². The minimum Gasteiger partial charge on any atom is -0.305 e. The number of aryl methyl sites for hydroxylation is 1. The fourth-order valence-corrected chi connectivity index (χ4v) is 1.85. The SMILES string of the molecule is CCCCn1nnnc1CN[C@@H](C)Cn1cccn1. The number of rotatable bonds is 8. The first kappa shape index (κ1) is 13.7. The fourth-order valence-electron chi connectivity index (χ4n) is 1.85. The van der Waals surface area contributed by atoms with Gasteiger partial charge in [-0.05, 0) is 29.8 Å². The van der Waals surface area contributed by atoms with Gasteiger partial charge in [0.1, 0.15) is 0 Å². The van der Waals surface area contributed by atoms with E-state index in [1.807, 2.05) is 21.6 Å². The smallest absolute Gasteiger partial charge is 0.165 e. The van der Waals surface area contributed by atoms with Crippen LogP contribution in [-0.4, -0.2) is 36.0 Å². The van der Waals surface area contributed by atoms with Gasteiger partial charge in [0.2, 0.25) is 0 Å². The van der Waals surface area contributed by atoms with Gasteiger partial charge >= 0.3 is 0 Å². The van der Waals surface area contributed by atoms with Gasteiger partial charge in [-0.3, -0.25) is 4.68 Å². The van der Waals surface area contributed by atoms with E-state index in [4.69, 9.17) is 0 Å². The highest BCUT2D eigenvalue weighted by atomic mass is 15.5. The van der Waals surface area contributed by atoms with E-state index in [1.54, 1.807) is 6.20 Å². The lowest BCUT2D eigenvalue weighted by atomic mass is 10.3. The molecule has 2 aromatic heterocycles. The molecule has 0 radical (unpaired) electrons. The molecule has 0 amide bonds. The topological polar surface area (TPSA) is 73.5 Å². The highest BCUT2D eigenvalue weighted by molar-refractivity contribution is 4.82. The van der Waals surface area contributed by atoms with Crippen LogP contribution in [0, 0.1) is 0 Å². The molecule has 7 nitrogen and oxygen atoms in total. The van der Waals surface area contributed by atoms with Crippen LogP contribution in [0.1, 0.15) is 32.5 Å². The summed E-state index contributed by atoms with van der Waals surface area (Å²) in [5.41, 5.74) is 0. The molecule has 2 aromatic rings. The van der Waals surface area contributed by atoms with E-state index in [0.717, 1.165) is 31.8 Å². The maximum absolute atomic E-state index is 4.19. The standard InChI is InChI=1S/C12H21N7/c1-3-4-8-19-12(15-16-17-19)9-13-11(2)10-18-7-5-6-14-18/h5-7,11,13H,3-4,8-10H2,1-2H3/t11-/m0/s1. The van der Waals surface area contributed by atoms with E-state index in [0.29, 0.717) is 12.6 Å². The molecule has 0 aliphatic carbocycles. The first-order valence-electron chi connectivity index (χ1n) is 6.75. The summed E-state index contributed by atoms with van der Waals surface area (Å²) < 4.78 is 3.79. The Morgan fingerprint density at radius 3 is 3.05 bits per heavy atom. The minimum atomic E-state index is 0.316. The Morgan fingerprint density at radius 2 is 2.32 bits per heavy atom. The molecule has 0 aliphatic heterocycles. The average Bonchev–Trinajstić information content (AvgIpc) is 3.05. The molecule has 0 bridgehead atoms. The van der Waals surface area contributed by atoms with Crippen LogP contribution in [0.25, 0.3) is 0 Å². The van der Waals surface area contributed by atoms with Gasteiger partial charge in [0.25, 0.3) is 0 Å². The molecule has 19 heavy (non-hydrogen) atoms. The fraction of sp³-hybridized carbons (Fsp3) is 0.667. The zero-order valence-electron chi connectivity index (χ0n) is 11.5. The maximum atomic E-state index is 4.19. The quantitative estimate of drug-likeness (QED) is 0.764. The van der Waals surface area contributed by atoms with Crippen molar-refractivity contribution in [2.24, 2.45) is 0 Å². The molecular weight excluding hydrogens is 242 g/mol. The van der Waals surface area contributed by atoms with Gasteiger partial charge in [-0.2, -0.15) is 5.10 Å². The lowest BCUT2D eigenvalue weighted by Crippen LogP contribution is -2.31. The van der Waals surface area contributed by atoms with E-state index in [9.17, 15) is 0 Å². The van der Waals surface area contributed by atoms with Crippen LogP contribution in [0.4, 0.5) is 0 Å². The van der Waals surface area contributed by atoms with Gasteiger partial charge in [-0.1, -0.05) is 13.3 Å². The summed E-state index contributed by atoms with van der Waals surface area (Å²) in [6.45, 7) is 6.69. The van der Waals surface area contributed by atoms with Crippen LogP contribution in [0.2, 0.25) is 0 Å². The van der Waals surface area contributed by atoms with Gasteiger partial charge in [-0.25, -0.2) is 4.68 Å². The van der Waals surface area contributed by atoms with Gasteiger partial charge in [0.05, 0.1) is 13.1 Å². The average molecular weight is 263 g/mol. The van der Waals surface area contributed by atoms with Gasteiger partial charge < -0.3 is 5.32 Å². The number of aromatic nitrogens is 6. The molecule has 0 saturated heterocycles. The second kappa shape index (κ2) is 6.98. The summed E-state index contributed by atoms with van der Waals surface area (Å²) in [5, 5.41) is 19.4. The van der Waals surface area contributed by atoms with Gasteiger partial charge in [0, 0.05) is 25.0 Å². The van der Waals surface area contributed by atoms with Crippen molar-refractivity contribution in [3.63, 3.8) is 0 Å². The third kappa shape index (κ3) is 4.13. The summed E-state index contributed by atoms with van der Waals surface area (Å²) in [7, 11) is 0. The Bertz CT molecular complexity index is 462. The minimum absolute atomic E-state index is 0.316. The summed E-state index contributed by atoms with van der Waals surface area (Å²) >= 11 is 0. The van der Waals surface area contributed by atoms with E-state index in [2.05, 4.69) is 39.8 Å². The highest BCUT2D eigenvalue weighted by Crippen LogP contribution is 1.98. The Balaban J connectivity index is 1.79. The number of hydrogen-bond donors (Lipinski definition) is 1. The Labute approximate surface area is 113 Å². The van der Waals surface area contributed by atoms with Crippen molar-refractivity contribution < 1.29 is 0 Å². The van der Waals surface area contributed by atoms with Crippen molar-refractivity contribution in [3.05, 3.63) is 24.3 Å². The van der Waals surface area contributed by atoms with E-state index in [1.165, 1.54) is 0 Å². The molecular formula is C12H21N7. The second-order valence-electron chi connectivity index (χ2n) is 4.68. The van der Waals surface area contributed by atoms with Crippen molar-refractivity contribution in [2.45, 2.75) is 52.4 Å². The molecule has 2 rings (SSSR count). The largest absolute Gasteiger partial charge is 0.305 e. The zero-order chi connectivity index (χ0) is 13.5. The first-order valence-corrected chi connectivity index (χ1v) is 6.75. The van der Waals surface area contributed by atoms with Crippen LogP contribution in [0.5, 0.6) is 0 Å². The molecule has 1 N–H and O–H groups in total. The third-order valence-electron chi connectivity index (χ3n) is 2.96. The van der Waals surface area contributed by atoms with Crippen molar-refractivity contribution in [1.82, 2.24) is 35.3 Å². The predicted molar refractivity (Wildman–Crippen MR) is 71.3 cm³/mol. The second-order valence-corrected chi connectivity index (χ2v) is 4.68. The Hall–Kier alpha value is -1.76. The van der Waals surface area contributed by atoms with Crippen LogP contribution >= 0.6 is 0 Å². The van der Waals surface area contributed by atoms with Crippen LogP contribution in [0.15, 0.2) is 18.5 Å². The third-order valence-corrected chi connectivity index (χ3v) is 2.96. The van der Waals surface area contributed by atoms with E-state index in [-0.39, 0.29) is 0 Å². The molecule has 0 aromatic carbocycles. The van der Waals surface area contributed by atoms with Crippen molar-refractivity contribution in [3.8, 4) is 0 Å². The summed E-state index contributed by atoms with van der Waals surface area (Å²) in [6.07, 6.45) is 5.99. The molecule has 0 spiro atoms. The predicted octanol–water partition coefficient (Wildman–Crippen LogP) is 0.848. The van der Waals surface area contributed by atoms with Gasteiger partial charge in [-0.15, -0.1) is 5.10 Å². The number of nitrogens with one attached hydrogen (secondary N) is 1. The van der Waals surface area contributed by atoms with Crippen molar-refractivity contribution >= 4 is 0 Å². The highest BCUT2D eigenvalue weighted by Gasteiger charge is 2.08. The molecule has 104 valence electrons.